The molecule has 1 N–H and O–H groups in total. The highest BCUT2D eigenvalue weighted by molar-refractivity contribution is 7.99. The van der Waals surface area contributed by atoms with Gasteiger partial charge < -0.3 is 10.2 Å². The Labute approximate surface area is 189 Å². The van der Waals surface area contributed by atoms with Crippen LogP contribution in [0.1, 0.15) is 44.2 Å². The van der Waals surface area contributed by atoms with Gasteiger partial charge in [0.05, 0.1) is 0 Å². The number of nitrogens with zero attached hydrogens (tertiary/aromatic N) is 1. The summed E-state index contributed by atoms with van der Waals surface area (Å²) in [5.74, 6) is 0.527. The number of hydrogen-bond acceptors (Lipinski definition) is 3. The number of benzene rings is 2. The van der Waals surface area contributed by atoms with E-state index in [0.717, 1.165) is 23.3 Å². The van der Waals surface area contributed by atoms with E-state index in [0.29, 0.717) is 30.3 Å². The van der Waals surface area contributed by atoms with Crippen LogP contribution in [-0.4, -0.2) is 35.1 Å². The number of carbonyl (C=O) groups excluding carboxylic acids is 2. The molecule has 162 valence electrons. The highest BCUT2D eigenvalue weighted by Gasteiger charge is 2.25. The fourth-order valence-electron chi connectivity index (χ4n) is 2.94. The molecule has 30 heavy (non-hydrogen) atoms. The first-order valence-electron chi connectivity index (χ1n) is 10.4. The number of thioether (sulfide) groups is 1. The molecule has 2 rings (SSSR count). The SMILES string of the molecule is CCCCNC(=O)[C@H](C)N(Cc1ccc(C)cc1)C(=O)CCSc1ccc(Cl)cc1. The second kappa shape index (κ2) is 12.7. The van der Waals surface area contributed by atoms with Crippen molar-refractivity contribution in [2.45, 2.75) is 57.5 Å². The highest BCUT2D eigenvalue weighted by atomic mass is 35.5. The first kappa shape index (κ1) is 24.3. The molecule has 0 heterocycles. The molecule has 2 aromatic carbocycles. The molecule has 2 amide bonds. The predicted octanol–water partition coefficient (Wildman–Crippen LogP) is 5.46. The van der Waals surface area contributed by atoms with Crippen LogP contribution in [0.2, 0.25) is 5.02 Å². The van der Waals surface area contributed by atoms with Crippen LogP contribution in [0.15, 0.2) is 53.4 Å². The number of nitrogens with one attached hydrogen (secondary N) is 1. The zero-order valence-electron chi connectivity index (χ0n) is 18.0. The first-order chi connectivity index (χ1) is 14.4. The van der Waals surface area contributed by atoms with Gasteiger partial charge in [0.15, 0.2) is 0 Å². The molecule has 0 saturated heterocycles. The molecule has 0 fully saturated rings. The van der Waals surface area contributed by atoms with Crippen LogP contribution >= 0.6 is 23.4 Å². The molecule has 0 unspecified atom stereocenters. The first-order valence-corrected chi connectivity index (χ1v) is 11.8. The summed E-state index contributed by atoms with van der Waals surface area (Å²) in [5, 5.41) is 3.65. The molecule has 0 saturated carbocycles. The minimum atomic E-state index is -0.517. The molecule has 0 bridgehead atoms. The van der Waals surface area contributed by atoms with E-state index >= 15 is 0 Å². The Hall–Kier alpha value is -1.98. The van der Waals surface area contributed by atoms with E-state index in [4.69, 9.17) is 11.6 Å². The number of amides is 2. The van der Waals surface area contributed by atoms with Gasteiger partial charge in [-0.1, -0.05) is 54.8 Å². The number of hydrogen-bond donors (Lipinski definition) is 1. The molecule has 0 spiro atoms. The van der Waals surface area contributed by atoms with E-state index in [1.54, 1.807) is 23.6 Å². The molecule has 6 heteroatoms. The smallest absolute Gasteiger partial charge is 0.242 e. The van der Waals surface area contributed by atoms with Gasteiger partial charge in [-0.2, -0.15) is 0 Å². The van der Waals surface area contributed by atoms with Crippen LogP contribution in [0, 0.1) is 6.92 Å². The highest BCUT2D eigenvalue weighted by Crippen LogP contribution is 2.22. The number of rotatable bonds is 11. The molecule has 0 aliphatic carbocycles. The van der Waals surface area contributed by atoms with Gasteiger partial charge in [0.25, 0.3) is 0 Å². The van der Waals surface area contributed by atoms with Crippen LogP contribution in [0.5, 0.6) is 0 Å². The third-order valence-corrected chi connectivity index (χ3v) is 6.13. The van der Waals surface area contributed by atoms with E-state index in [2.05, 4.69) is 12.2 Å². The maximum atomic E-state index is 13.0. The van der Waals surface area contributed by atoms with Gasteiger partial charge in [-0.05, 0) is 50.1 Å². The summed E-state index contributed by atoms with van der Waals surface area (Å²) in [6.45, 7) is 6.98. The van der Waals surface area contributed by atoms with Crippen LogP contribution in [-0.2, 0) is 16.1 Å². The fraction of sp³-hybridized carbons (Fsp3) is 0.417. The van der Waals surface area contributed by atoms with Gasteiger partial charge in [-0.25, -0.2) is 0 Å². The van der Waals surface area contributed by atoms with Crippen molar-refractivity contribution < 1.29 is 9.59 Å². The predicted molar refractivity (Wildman–Crippen MR) is 126 cm³/mol. The molecular weight excluding hydrogens is 416 g/mol. The zero-order valence-corrected chi connectivity index (χ0v) is 19.6. The van der Waals surface area contributed by atoms with Crippen molar-refractivity contribution in [1.82, 2.24) is 10.2 Å². The molecular formula is C24H31ClN2O2S. The summed E-state index contributed by atoms with van der Waals surface area (Å²) in [4.78, 5) is 28.4. The third kappa shape index (κ3) is 8.04. The molecule has 4 nitrogen and oxygen atoms in total. The number of carbonyl (C=O) groups is 2. The van der Waals surface area contributed by atoms with Crippen molar-refractivity contribution >= 4 is 35.2 Å². The lowest BCUT2D eigenvalue weighted by Crippen LogP contribution is -2.47. The van der Waals surface area contributed by atoms with E-state index in [1.165, 1.54) is 5.56 Å². The van der Waals surface area contributed by atoms with E-state index in [1.807, 2.05) is 55.5 Å². The van der Waals surface area contributed by atoms with Crippen molar-refractivity contribution in [3.8, 4) is 0 Å². The van der Waals surface area contributed by atoms with Crippen molar-refractivity contribution in [2.75, 3.05) is 12.3 Å². The van der Waals surface area contributed by atoms with Crippen molar-refractivity contribution in [3.63, 3.8) is 0 Å². The summed E-state index contributed by atoms with van der Waals surface area (Å²) >= 11 is 7.54. The average Bonchev–Trinajstić information content (AvgIpc) is 2.74. The molecule has 2 aromatic rings. The molecule has 0 aliphatic heterocycles. The summed E-state index contributed by atoms with van der Waals surface area (Å²) in [7, 11) is 0. The van der Waals surface area contributed by atoms with Gasteiger partial charge in [-0.15, -0.1) is 11.8 Å². The fourth-order valence-corrected chi connectivity index (χ4v) is 3.91. The zero-order chi connectivity index (χ0) is 21.9. The standard InChI is InChI=1S/C24H31ClN2O2S/c1-4-5-15-26-24(29)19(3)27(17-20-8-6-18(2)7-9-20)23(28)14-16-30-22-12-10-21(25)11-13-22/h6-13,19H,4-5,14-17H2,1-3H3,(H,26,29)/t19-/m0/s1. The Morgan fingerprint density at radius 3 is 2.40 bits per heavy atom. The molecule has 0 aromatic heterocycles. The van der Waals surface area contributed by atoms with Crippen LogP contribution in [0.4, 0.5) is 0 Å². The third-order valence-electron chi connectivity index (χ3n) is 4.87. The lowest BCUT2D eigenvalue weighted by molar-refractivity contribution is -0.140. The van der Waals surface area contributed by atoms with Gasteiger partial charge >= 0.3 is 0 Å². The maximum Gasteiger partial charge on any atom is 0.242 e. The van der Waals surface area contributed by atoms with E-state index in [-0.39, 0.29) is 11.8 Å². The topological polar surface area (TPSA) is 49.4 Å². The minimum absolute atomic E-state index is 0.0184. The average molecular weight is 447 g/mol. The number of aryl methyl sites for hydroxylation is 1. The number of unbranched alkanes of at least 4 members (excludes halogenated alkanes) is 1. The van der Waals surface area contributed by atoms with E-state index < -0.39 is 6.04 Å². The maximum absolute atomic E-state index is 13.0. The Morgan fingerprint density at radius 2 is 1.77 bits per heavy atom. The van der Waals surface area contributed by atoms with Gasteiger partial charge in [-0.3, -0.25) is 9.59 Å². The molecule has 0 radical (unpaired) electrons. The van der Waals surface area contributed by atoms with Crippen molar-refractivity contribution in [1.29, 1.82) is 0 Å². The Bertz CT molecular complexity index is 809. The van der Waals surface area contributed by atoms with Crippen LogP contribution < -0.4 is 5.32 Å². The quantitative estimate of drug-likeness (QED) is 0.368. The van der Waals surface area contributed by atoms with Crippen molar-refractivity contribution in [2.24, 2.45) is 0 Å². The largest absolute Gasteiger partial charge is 0.354 e. The normalized spacial score (nSPS) is 11.7. The van der Waals surface area contributed by atoms with Gasteiger partial charge in [0.2, 0.25) is 11.8 Å². The number of halogens is 1. The van der Waals surface area contributed by atoms with Crippen molar-refractivity contribution in [3.05, 3.63) is 64.7 Å². The summed E-state index contributed by atoms with van der Waals surface area (Å²) in [5.41, 5.74) is 2.19. The lowest BCUT2D eigenvalue weighted by Gasteiger charge is -2.29. The molecule has 1 atom stereocenters. The summed E-state index contributed by atoms with van der Waals surface area (Å²) in [6.07, 6.45) is 2.32. The lowest BCUT2D eigenvalue weighted by atomic mass is 10.1. The Balaban J connectivity index is 2.02. The van der Waals surface area contributed by atoms with E-state index in [9.17, 15) is 9.59 Å². The summed E-state index contributed by atoms with van der Waals surface area (Å²) in [6, 6.07) is 15.2. The van der Waals surface area contributed by atoms with Crippen LogP contribution in [0.25, 0.3) is 0 Å². The van der Waals surface area contributed by atoms with Crippen LogP contribution in [0.3, 0.4) is 0 Å². The second-order valence-corrected chi connectivity index (χ2v) is 8.98. The second-order valence-electron chi connectivity index (χ2n) is 7.38. The minimum Gasteiger partial charge on any atom is -0.354 e. The summed E-state index contributed by atoms with van der Waals surface area (Å²) < 4.78 is 0. The Morgan fingerprint density at radius 1 is 1.10 bits per heavy atom. The molecule has 0 aliphatic rings. The van der Waals surface area contributed by atoms with Gasteiger partial charge in [0, 0.05) is 35.2 Å². The monoisotopic (exact) mass is 446 g/mol. The van der Waals surface area contributed by atoms with Gasteiger partial charge in [0.1, 0.15) is 6.04 Å². The Kier molecular flexibility index (Phi) is 10.2.